The second-order valence-electron chi connectivity index (χ2n) is 27.1. The standard InChI is InChI=1S/C79H137NO18/c1-3-5-7-9-11-13-15-17-19-21-23-25-26-27-28-29-30-31-32-33-34-35-36-37-39-41-43-45-47-49-51-53-55-57-67(85)80-62(63(84)56-54-52-50-48-46-44-42-40-38-24-22-20-18-16-14-12-10-8-6-4-2)61-93-77-73(91)70(88)75(65(59-82)95-77)98-79-74(92)71(89)76(66(60-83)96-79)97-78-72(90)69(87)68(86)64(58-81)94-78/h5,7,11,13,17,19,23,25,27-28,30-31,33-34,54,56,62-66,68-79,81-84,86-92H,3-4,6,8-10,12,14-16,18,20-22,24,26,29,32,35-53,55,57-61H2,1-2H3,(H,80,85)/b7-5-,13-11-,19-17-,25-23-,28-27-,31-30-,34-33-,56-54+. The Hall–Kier alpha value is -3.29. The first-order valence-corrected chi connectivity index (χ1v) is 38.5. The summed E-state index contributed by atoms with van der Waals surface area (Å²) in [5, 5.41) is 121. The largest absolute Gasteiger partial charge is 0.394 e. The summed E-state index contributed by atoms with van der Waals surface area (Å²) in [7, 11) is 0. The molecule has 3 fully saturated rings. The molecule has 0 spiro atoms. The topological polar surface area (TPSA) is 307 Å². The van der Waals surface area contributed by atoms with Crippen LogP contribution in [0.1, 0.15) is 264 Å². The van der Waals surface area contributed by atoms with Crippen LogP contribution >= 0.6 is 0 Å². The maximum Gasteiger partial charge on any atom is 0.220 e. The molecule has 0 aliphatic carbocycles. The molecule has 17 unspecified atom stereocenters. The third-order valence-electron chi connectivity index (χ3n) is 18.6. The Morgan fingerprint density at radius 1 is 0.378 bits per heavy atom. The van der Waals surface area contributed by atoms with Gasteiger partial charge in [0.1, 0.15) is 73.2 Å². The van der Waals surface area contributed by atoms with E-state index in [0.29, 0.717) is 6.42 Å². The van der Waals surface area contributed by atoms with Crippen LogP contribution in [0.25, 0.3) is 0 Å². The Kier molecular flexibility index (Phi) is 53.7. The molecule has 19 nitrogen and oxygen atoms in total. The average molecular weight is 1390 g/mol. The third-order valence-corrected chi connectivity index (χ3v) is 18.6. The molecule has 1 amide bonds. The number of aliphatic hydroxyl groups excluding tert-OH is 11. The van der Waals surface area contributed by atoms with Crippen LogP contribution < -0.4 is 5.32 Å². The van der Waals surface area contributed by atoms with E-state index < -0.39 is 124 Å². The van der Waals surface area contributed by atoms with E-state index in [1.54, 1.807) is 6.08 Å². The van der Waals surface area contributed by atoms with E-state index in [4.69, 9.17) is 28.4 Å². The normalized spacial score (nSPS) is 27.3. The van der Waals surface area contributed by atoms with Gasteiger partial charge in [0.05, 0.1) is 38.6 Å². The van der Waals surface area contributed by atoms with Crippen LogP contribution in [0.3, 0.4) is 0 Å². The zero-order valence-corrected chi connectivity index (χ0v) is 60.2. The molecule has 3 aliphatic rings. The highest BCUT2D eigenvalue weighted by Gasteiger charge is 2.53. The molecule has 0 aromatic heterocycles. The molecule has 3 heterocycles. The van der Waals surface area contributed by atoms with Crippen molar-refractivity contribution in [2.45, 2.75) is 369 Å². The second-order valence-corrected chi connectivity index (χ2v) is 27.1. The molecule has 19 heteroatoms. The van der Waals surface area contributed by atoms with E-state index >= 15 is 0 Å². The first-order chi connectivity index (χ1) is 47.8. The van der Waals surface area contributed by atoms with Crippen LogP contribution in [-0.4, -0.2) is 193 Å². The van der Waals surface area contributed by atoms with Gasteiger partial charge in [0, 0.05) is 6.42 Å². The van der Waals surface area contributed by atoms with Gasteiger partial charge >= 0.3 is 0 Å². The second kappa shape index (κ2) is 59.1. The summed E-state index contributed by atoms with van der Waals surface area (Å²) >= 11 is 0. The van der Waals surface area contributed by atoms with Gasteiger partial charge in [-0.25, -0.2) is 0 Å². The Labute approximate surface area is 590 Å². The molecule has 0 bridgehead atoms. The summed E-state index contributed by atoms with van der Waals surface area (Å²) < 4.78 is 34.4. The number of hydrogen-bond donors (Lipinski definition) is 12. The fourth-order valence-corrected chi connectivity index (χ4v) is 12.5. The van der Waals surface area contributed by atoms with Crippen LogP contribution in [0.5, 0.6) is 0 Å². The molecular formula is C79H137NO18. The van der Waals surface area contributed by atoms with E-state index in [-0.39, 0.29) is 18.9 Å². The number of aliphatic hydroxyl groups is 11. The Balaban J connectivity index is 1.38. The minimum atomic E-state index is -1.98. The van der Waals surface area contributed by atoms with Gasteiger partial charge in [0.15, 0.2) is 18.9 Å². The lowest BCUT2D eigenvalue weighted by Gasteiger charge is -2.48. The van der Waals surface area contributed by atoms with E-state index in [1.165, 1.54) is 135 Å². The minimum absolute atomic E-state index is 0.234. The van der Waals surface area contributed by atoms with Gasteiger partial charge < -0.3 is 89.9 Å². The first kappa shape index (κ1) is 88.9. The van der Waals surface area contributed by atoms with E-state index in [9.17, 15) is 61.0 Å². The Morgan fingerprint density at radius 2 is 0.704 bits per heavy atom. The molecule has 98 heavy (non-hydrogen) atoms. The molecular weight excluding hydrogens is 1250 g/mol. The summed E-state index contributed by atoms with van der Waals surface area (Å²) in [5.74, 6) is -0.281. The van der Waals surface area contributed by atoms with Crippen LogP contribution in [-0.2, 0) is 33.2 Å². The molecule has 0 aromatic carbocycles. The third kappa shape index (κ3) is 39.4. The van der Waals surface area contributed by atoms with Crippen molar-refractivity contribution in [3.8, 4) is 0 Å². The maximum absolute atomic E-state index is 13.5. The van der Waals surface area contributed by atoms with Gasteiger partial charge in [-0.2, -0.15) is 0 Å². The van der Waals surface area contributed by atoms with Crippen molar-refractivity contribution in [3.63, 3.8) is 0 Å². The lowest BCUT2D eigenvalue weighted by molar-refractivity contribution is -0.379. The van der Waals surface area contributed by atoms with E-state index in [2.05, 4.69) is 104 Å². The first-order valence-electron chi connectivity index (χ1n) is 38.5. The molecule has 0 radical (unpaired) electrons. The highest BCUT2D eigenvalue weighted by Crippen LogP contribution is 2.33. The molecule has 566 valence electrons. The van der Waals surface area contributed by atoms with Gasteiger partial charge in [0.2, 0.25) is 5.91 Å². The molecule has 3 aliphatic heterocycles. The van der Waals surface area contributed by atoms with E-state index in [1.807, 2.05) is 6.08 Å². The zero-order valence-electron chi connectivity index (χ0n) is 60.2. The van der Waals surface area contributed by atoms with Crippen molar-refractivity contribution < 1.29 is 89.4 Å². The smallest absolute Gasteiger partial charge is 0.220 e. The van der Waals surface area contributed by atoms with Gasteiger partial charge in [-0.05, 0) is 77.0 Å². The fourth-order valence-electron chi connectivity index (χ4n) is 12.5. The van der Waals surface area contributed by atoms with E-state index in [0.717, 1.165) is 103 Å². The number of carbonyl (C=O) groups excluding carboxylic acids is 1. The predicted molar refractivity (Wildman–Crippen MR) is 387 cm³/mol. The minimum Gasteiger partial charge on any atom is -0.394 e. The van der Waals surface area contributed by atoms with Crippen molar-refractivity contribution in [1.29, 1.82) is 0 Å². The number of amides is 1. The number of unbranched alkanes of at least 4 members (excludes halogenated alkanes) is 29. The highest BCUT2D eigenvalue weighted by molar-refractivity contribution is 5.76. The van der Waals surface area contributed by atoms with Crippen molar-refractivity contribution in [1.82, 2.24) is 5.32 Å². The summed E-state index contributed by atoms with van der Waals surface area (Å²) in [5.41, 5.74) is 0. The van der Waals surface area contributed by atoms with Crippen LogP contribution in [0, 0.1) is 0 Å². The fraction of sp³-hybridized carbons (Fsp3) is 0.785. The predicted octanol–water partition coefficient (Wildman–Crippen LogP) is 12.0. The van der Waals surface area contributed by atoms with Gasteiger partial charge in [0.25, 0.3) is 0 Å². The molecule has 0 aromatic rings. The summed E-state index contributed by atoms with van der Waals surface area (Å²) in [4.78, 5) is 13.5. The summed E-state index contributed by atoms with van der Waals surface area (Å²) in [6, 6.07) is -0.982. The monoisotopic (exact) mass is 1390 g/mol. The number of carbonyl (C=O) groups is 1. The van der Waals surface area contributed by atoms with Crippen molar-refractivity contribution in [3.05, 3.63) is 97.2 Å². The zero-order chi connectivity index (χ0) is 71.1. The molecule has 3 rings (SSSR count). The van der Waals surface area contributed by atoms with Gasteiger partial charge in [-0.15, -0.1) is 0 Å². The Morgan fingerprint density at radius 3 is 1.10 bits per heavy atom. The van der Waals surface area contributed by atoms with Crippen molar-refractivity contribution >= 4 is 5.91 Å². The number of nitrogens with one attached hydrogen (secondary N) is 1. The number of hydrogen-bond acceptors (Lipinski definition) is 18. The Bertz CT molecular complexity index is 2150. The average Bonchev–Trinajstić information content (AvgIpc) is 0.782. The molecule has 17 atom stereocenters. The quantitative estimate of drug-likeness (QED) is 0.0199. The maximum atomic E-state index is 13.5. The lowest BCUT2D eigenvalue weighted by Crippen LogP contribution is -2.66. The molecule has 0 saturated carbocycles. The number of rotatable bonds is 59. The van der Waals surface area contributed by atoms with Gasteiger partial charge in [-0.3, -0.25) is 4.79 Å². The van der Waals surface area contributed by atoms with Crippen LogP contribution in [0.4, 0.5) is 0 Å². The van der Waals surface area contributed by atoms with Crippen molar-refractivity contribution in [2.24, 2.45) is 0 Å². The lowest BCUT2D eigenvalue weighted by atomic mass is 9.96. The highest BCUT2D eigenvalue weighted by atomic mass is 16.8. The van der Waals surface area contributed by atoms with Crippen LogP contribution in [0.15, 0.2) is 97.2 Å². The summed E-state index contributed by atoms with van der Waals surface area (Å²) in [6.45, 7) is 1.63. The number of ether oxygens (including phenoxy) is 6. The SMILES string of the molecule is CC/C=C\C/C=C\C/C=C\C/C=C\C/C=C\C/C=C\C/C=C\CCCCCCCCCCCCCC(=O)NC(COC1OC(CO)C(OC2OC(CO)C(OC3OC(CO)C(O)C(O)C3O)C(O)C2O)C(O)C1O)C(O)/C=C/CCCCCCCCCCCCCCCCCCCC. The van der Waals surface area contributed by atoms with Crippen molar-refractivity contribution in [2.75, 3.05) is 26.4 Å². The molecule has 3 saturated heterocycles. The molecule has 12 N–H and O–H groups in total. The summed E-state index contributed by atoms with van der Waals surface area (Å²) in [6.07, 6.45) is 52.3. The van der Waals surface area contributed by atoms with Crippen LogP contribution in [0.2, 0.25) is 0 Å². The van der Waals surface area contributed by atoms with Gasteiger partial charge in [-0.1, -0.05) is 278 Å². The number of allylic oxidation sites excluding steroid dienone is 15.